The van der Waals surface area contributed by atoms with Gasteiger partial charge in [-0.15, -0.1) is 12.4 Å². The lowest BCUT2D eigenvalue weighted by Crippen LogP contribution is -2.47. The van der Waals surface area contributed by atoms with E-state index >= 15 is 0 Å². The Morgan fingerprint density at radius 1 is 1.18 bits per heavy atom. The first-order valence-corrected chi connectivity index (χ1v) is 10.8. The van der Waals surface area contributed by atoms with E-state index in [9.17, 15) is 23.1 Å². The molecule has 1 saturated heterocycles. The van der Waals surface area contributed by atoms with Gasteiger partial charge in [-0.05, 0) is 41.5 Å². The van der Waals surface area contributed by atoms with Gasteiger partial charge in [0.1, 0.15) is 0 Å². The lowest BCUT2D eigenvalue weighted by molar-refractivity contribution is -0.137. The highest BCUT2D eigenvalue weighted by Crippen LogP contribution is 2.33. The van der Waals surface area contributed by atoms with Crippen molar-refractivity contribution in [1.29, 1.82) is 0 Å². The van der Waals surface area contributed by atoms with Gasteiger partial charge in [0.25, 0.3) is 0 Å². The summed E-state index contributed by atoms with van der Waals surface area (Å²) >= 11 is 0. The summed E-state index contributed by atoms with van der Waals surface area (Å²) < 4.78 is 45.7. The summed E-state index contributed by atoms with van der Waals surface area (Å²) in [5, 5.41) is 15.0. The molecule has 3 aromatic rings. The molecule has 1 fully saturated rings. The summed E-state index contributed by atoms with van der Waals surface area (Å²) in [5.74, 6) is -1.39. The van der Waals surface area contributed by atoms with Crippen molar-refractivity contribution in [3.8, 4) is 0 Å². The molecule has 9 heteroatoms. The van der Waals surface area contributed by atoms with Crippen LogP contribution in [-0.2, 0) is 10.9 Å². The summed E-state index contributed by atoms with van der Waals surface area (Å²) in [5.41, 5.74) is 0.0380. The zero-order chi connectivity index (χ0) is 23.6. The molecule has 1 aliphatic heterocycles. The third-order valence-electron chi connectivity index (χ3n) is 5.94. The highest BCUT2D eigenvalue weighted by molar-refractivity contribution is 5.89. The molecular formula is C25H26ClF3N2O3. The normalized spacial score (nSPS) is 17.3. The van der Waals surface area contributed by atoms with Crippen molar-refractivity contribution in [1.82, 2.24) is 5.32 Å². The van der Waals surface area contributed by atoms with Gasteiger partial charge in [0, 0.05) is 31.4 Å². The lowest BCUT2D eigenvalue weighted by atomic mass is 9.99. The average Bonchev–Trinajstić information content (AvgIpc) is 2.81. The maximum atomic E-state index is 13.3. The molecule has 34 heavy (non-hydrogen) atoms. The Balaban J connectivity index is 0.00000324. The molecule has 1 unspecified atom stereocenters. The standard InChI is InChI=1S/C25H25F3N2O3.ClH/c1-16(22-8-4-6-17-5-2-3-7-23(17)22)29-14-21-15-30(9-10-33-21)20-12-18(24(31)32)11-19(13-20)25(26,27)28;/h2-8,11-13,16,21,29H,9-10,14-15H2,1H3,(H,31,32);1H/t16-,21?;/m1./s1. The minimum atomic E-state index is -4.62. The maximum absolute atomic E-state index is 13.3. The van der Waals surface area contributed by atoms with Crippen LogP contribution in [0.1, 0.15) is 34.5 Å². The molecule has 1 aliphatic rings. The van der Waals surface area contributed by atoms with E-state index in [0.717, 1.165) is 22.4 Å². The number of hydrogen-bond acceptors (Lipinski definition) is 4. The van der Waals surface area contributed by atoms with Gasteiger partial charge in [-0.25, -0.2) is 4.79 Å². The third kappa shape index (κ3) is 5.81. The third-order valence-corrected chi connectivity index (χ3v) is 5.94. The quantitative estimate of drug-likeness (QED) is 0.471. The number of morpholine rings is 1. The Morgan fingerprint density at radius 3 is 2.65 bits per heavy atom. The molecule has 1 heterocycles. The van der Waals surface area contributed by atoms with E-state index in [0.29, 0.717) is 32.3 Å². The van der Waals surface area contributed by atoms with Crippen LogP contribution >= 0.6 is 12.4 Å². The second-order valence-corrected chi connectivity index (χ2v) is 8.21. The molecule has 2 N–H and O–H groups in total. The summed E-state index contributed by atoms with van der Waals surface area (Å²) in [6.45, 7) is 3.65. The maximum Gasteiger partial charge on any atom is 0.416 e. The van der Waals surface area contributed by atoms with Crippen molar-refractivity contribution in [3.63, 3.8) is 0 Å². The first-order chi connectivity index (χ1) is 15.7. The van der Waals surface area contributed by atoms with Crippen LogP contribution in [-0.4, -0.2) is 43.4 Å². The van der Waals surface area contributed by atoms with E-state index in [-0.39, 0.29) is 35.8 Å². The SMILES string of the molecule is C[C@@H](NCC1CN(c2cc(C(=O)O)cc(C(F)(F)F)c2)CCO1)c1cccc2ccccc12.Cl. The second kappa shape index (κ2) is 10.6. The average molecular weight is 495 g/mol. The predicted molar refractivity (Wildman–Crippen MR) is 128 cm³/mol. The fraction of sp³-hybridized carbons (Fsp3) is 0.320. The smallest absolute Gasteiger partial charge is 0.416 e. The number of nitrogens with one attached hydrogen (secondary N) is 1. The van der Waals surface area contributed by atoms with Gasteiger partial charge in [0.05, 0.1) is 23.8 Å². The molecule has 0 bridgehead atoms. The summed E-state index contributed by atoms with van der Waals surface area (Å²) in [6, 6.07) is 17.3. The number of ether oxygens (including phenoxy) is 1. The number of benzene rings is 3. The number of fused-ring (bicyclic) bond motifs is 1. The largest absolute Gasteiger partial charge is 0.478 e. The molecule has 3 aromatic carbocycles. The van der Waals surface area contributed by atoms with Crippen LogP contribution in [0.3, 0.4) is 0 Å². The summed E-state index contributed by atoms with van der Waals surface area (Å²) in [7, 11) is 0. The number of halogens is 4. The van der Waals surface area contributed by atoms with E-state index in [1.165, 1.54) is 6.07 Å². The van der Waals surface area contributed by atoms with Gasteiger partial charge in [-0.1, -0.05) is 42.5 Å². The topological polar surface area (TPSA) is 61.8 Å². The number of rotatable bonds is 6. The van der Waals surface area contributed by atoms with Gasteiger partial charge < -0.3 is 20.1 Å². The number of anilines is 1. The molecule has 0 spiro atoms. The lowest BCUT2D eigenvalue weighted by Gasteiger charge is -2.35. The van der Waals surface area contributed by atoms with Crippen molar-refractivity contribution in [2.24, 2.45) is 0 Å². The number of nitrogens with zero attached hydrogens (tertiary/aromatic N) is 1. The van der Waals surface area contributed by atoms with Gasteiger partial charge in [0.15, 0.2) is 0 Å². The Bertz CT molecular complexity index is 1150. The second-order valence-electron chi connectivity index (χ2n) is 8.21. The Labute approximate surface area is 201 Å². The molecule has 2 atom stereocenters. The van der Waals surface area contributed by atoms with E-state index < -0.39 is 17.7 Å². The number of carbonyl (C=O) groups is 1. The number of alkyl halides is 3. The molecule has 4 rings (SSSR count). The van der Waals surface area contributed by atoms with E-state index in [1.54, 1.807) is 4.90 Å². The summed E-state index contributed by atoms with van der Waals surface area (Å²) in [4.78, 5) is 13.1. The van der Waals surface area contributed by atoms with Crippen molar-refractivity contribution in [2.45, 2.75) is 25.2 Å². The van der Waals surface area contributed by atoms with Crippen LogP contribution in [0.4, 0.5) is 18.9 Å². The van der Waals surface area contributed by atoms with Gasteiger partial charge in [-0.3, -0.25) is 0 Å². The highest BCUT2D eigenvalue weighted by atomic mass is 35.5. The minimum absolute atomic E-state index is 0. The Hall–Kier alpha value is -2.81. The number of aromatic carboxylic acids is 1. The van der Waals surface area contributed by atoms with Crippen LogP contribution in [0.2, 0.25) is 0 Å². The van der Waals surface area contributed by atoms with E-state index in [2.05, 4.69) is 36.5 Å². The highest BCUT2D eigenvalue weighted by Gasteiger charge is 2.33. The number of carboxylic acid groups (broad SMARTS) is 1. The monoisotopic (exact) mass is 494 g/mol. The molecule has 5 nitrogen and oxygen atoms in total. The summed E-state index contributed by atoms with van der Waals surface area (Å²) in [6.07, 6.45) is -4.87. The van der Waals surface area contributed by atoms with Gasteiger partial charge >= 0.3 is 12.1 Å². The van der Waals surface area contributed by atoms with Gasteiger partial charge in [-0.2, -0.15) is 13.2 Å². The molecule has 0 amide bonds. The van der Waals surface area contributed by atoms with E-state index in [4.69, 9.17) is 4.74 Å². The zero-order valence-corrected chi connectivity index (χ0v) is 19.3. The van der Waals surface area contributed by atoms with Crippen LogP contribution in [0.5, 0.6) is 0 Å². The van der Waals surface area contributed by atoms with Crippen molar-refractivity contribution >= 4 is 34.8 Å². The number of carboxylic acids is 1. The van der Waals surface area contributed by atoms with Crippen LogP contribution in [0.25, 0.3) is 10.8 Å². The number of hydrogen-bond donors (Lipinski definition) is 2. The van der Waals surface area contributed by atoms with Crippen molar-refractivity contribution < 1.29 is 27.8 Å². The molecule has 0 saturated carbocycles. The van der Waals surface area contributed by atoms with Crippen LogP contribution in [0.15, 0.2) is 60.7 Å². The molecule has 0 aliphatic carbocycles. The van der Waals surface area contributed by atoms with Crippen LogP contribution < -0.4 is 10.2 Å². The fourth-order valence-corrected chi connectivity index (χ4v) is 4.20. The van der Waals surface area contributed by atoms with Gasteiger partial charge in [0.2, 0.25) is 0 Å². The predicted octanol–water partition coefficient (Wildman–Crippen LogP) is 5.53. The van der Waals surface area contributed by atoms with E-state index in [1.807, 2.05) is 18.2 Å². The first kappa shape index (κ1) is 25.8. The molecular weight excluding hydrogens is 469 g/mol. The fourth-order valence-electron chi connectivity index (χ4n) is 4.20. The van der Waals surface area contributed by atoms with Crippen LogP contribution in [0, 0.1) is 0 Å². The minimum Gasteiger partial charge on any atom is -0.478 e. The van der Waals surface area contributed by atoms with Crippen molar-refractivity contribution in [2.75, 3.05) is 31.1 Å². The molecule has 0 aromatic heterocycles. The molecule has 0 radical (unpaired) electrons. The molecule has 182 valence electrons. The van der Waals surface area contributed by atoms with Crippen molar-refractivity contribution in [3.05, 3.63) is 77.4 Å². The first-order valence-electron chi connectivity index (χ1n) is 10.8. The zero-order valence-electron chi connectivity index (χ0n) is 18.5. The Kier molecular flexibility index (Phi) is 8.07. The Morgan fingerprint density at radius 2 is 1.91 bits per heavy atom.